The van der Waals surface area contributed by atoms with Crippen LogP contribution < -0.4 is 10.7 Å². The largest absolute Gasteiger partial charge is 0.343 e. The Kier molecular flexibility index (Phi) is 7.24. The fraction of sp³-hybridized carbons (Fsp3) is 0.0400. The number of rotatable bonds is 7. The summed E-state index contributed by atoms with van der Waals surface area (Å²) in [7, 11) is 0. The first-order valence-corrected chi connectivity index (χ1v) is 11.1. The third-order valence-corrected chi connectivity index (χ3v) is 5.32. The van der Waals surface area contributed by atoms with E-state index < -0.39 is 17.6 Å². The zero-order valence-corrected chi connectivity index (χ0v) is 19.4. The van der Waals surface area contributed by atoms with E-state index in [9.17, 15) is 14.0 Å². The van der Waals surface area contributed by atoms with E-state index in [4.69, 9.17) is 5.10 Å². The van der Waals surface area contributed by atoms with E-state index >= 15 is 0 Å². The molecule has 0 fully saturated rings. The lowest BCUT2D eigenvalue weighted by Crippen LogP contribution is -2.34. The van der Waals surface area contributed by atoms with E-state index in [1.54, 1.807) is 4.68 Å². The van der Waals surface area contributed by atoms with Crippen LogP contribution in [0.15, 0.2) is 94.6 Å². The third-order valence-electron chi connectivity index (χ3n) is 4.79. The van der Waals surface area contributed by atoms with Crippen molar-refractivity contribution in [1.82, 2.24) is 20.5 Å². The molecule has 170 valence electrons. The van der Waals surface area contributed by atoms with Crippen molar-refractivity contribution in [2.24, 2.45) is 5.10 Å². The van der Waals surface area contributed by atoms with Crippen molar-refractivity contribution in [3.05, 3.63) is 106 Å². The van der Waals surface area contributed by atoms with Gasteiger partial charge in [-0.15, -0.1) is 0 Å². The standard InChI is InChI=1S/C25H19BrFN5O2/c26-20-10-6-17(7-11-20)24-19(16-32(31-24)22-4-2-1-3-5-22)14-29-30-23(33)15-28-25(34)18-8-12-21(27)13-9-18/h1-14,16H,15H2,(H,28,34)(H,30,33)/b29-14+. The lowest BCUT2D eigenvalue weighted by Gasteiger charge is -2.04. The Labute approximate surface area is 203 Å². The summed E-state index contributed by atoms with van der Waals surface area (Å²) in [5.74, 6) is -1.44. The van der Waals surface area contributed by atoms with Crippen molar-refractivity contribution in [2.75, 3.05) is 6.54 Å². The van der Waals surface area contributed by atoms with E-state index in [0.29, 0.717) is 11.3 Å². The van der Waals surface area contributed by atoms with Gasteiger partial charge >= 0.3 is 0 Å². The number of carbonyl (C=O) groups excluding carboxylic acids is 2. The summed E-state index contributed by atoms with van der Waals surface area (Å²) in [4.78, 5) is 24.2. The Morgan fingerprint density at radius 3 is 2.41 bits per heavy atom. The number of para-hydroxylation sites is 1. The molecule has 0 spiro atoms. The fourth-order valence-electron chi connectivity index (χ4n) is 3.10. The maximum absolute atomic E-state index is 13.0. The highest BCUT2D eigenvalue weighted by atomic mass is 79.9. The highest BCUT2D eigenvalue weighted by molar-refractivity contribution is 9.10. The zero-order chi connectivity index (χ0) is 23.9. The van der Waals surface area contributed by atoms with Gasteiger partial charge in [0, 0.05) is 27.4 Å². The molecule has 1 aromatic heterocycles. The van der Waals surface area contributed by atoms with Crippen molar-refractivity contribution in [3.8, 4) is 16.9 Å². The Morgan fingerprint density at radius 2 is 1.71 bits per heavy atom. The molecule has 0 bridgehead atoms. The van der Waals surface area contributed by atoms with Gasteiger partial charge < -0.3 is 5.32 Å². The molecular weight excluding hydrogens is 501 g/mol. The quantitative estimate of drug-likeness (QED) is 0.281. The normalized spacial score (nSPS) is 10.9. The van der Waals surface area contributed by atoms with Crippen LogP contribution >= 0.6 is 15.9 Å². The molecule has 34 heavy (non-hydrogen) atoms. The smallest absolute Gasteiger partial charge is 0.259 e. The van der Waals surface area contributed by atoms with Crippen LogP contribution in [0.2, 0.25) is 0 Å². The molecule has 0 aliphatic carbocycles. The third kappa shape index (κ3) is 5.81. The molecule has 2 amide bonds. The van der Waals surface area contributed by atoms with Crippen molar-refractivity contribution >= 4 is 34.0 Å². The van der Waals surface area contributed by atoms with Crippen LogP contribution in [0.1, 0.15) is 15.9 Å². The number of amides is 2. The molecule has 0 saturated carbocycles. The van der Waals surface area contributed by atoms with Gasteiger partial charge in [0.1, 0.15) is 11.5 Å². The lowest BCUT2D eigenvalue weighted by molar-refractivity contribution is -0.120. The Hall–Kier alpha value is -4.11. The molecule has 0 radical (unpaired) electrons. The van der Waals surface area contributed by atoms with Crippen molar-refractivity contribution < 1.29 is 14.0 Å². The zero-order valence-electron chi connectivity index (χ0n) is 17.8. The second-order valence-electron chi connectivity index (χ2n) is 7.20. The highest BCUT2D eigenvalue weighted by Crippen LogP contribution is 2.24. The summed E-state index contributed by atoms with van der Waals surface area (Å²) in [6, 6.07) is 22.4. The Balaban J connectivity index is 1.45. The van der Waals surface area contributed by atoms with Gasteiger partial charge in [0.05, 0.1) is 18.4 Å². The number of halogens is 2. The second-order valence-corrected chi connectivity index (χ2v) is 8.12. The van der Waals surface area contributed by atoms with Gasteiger partial charge in [0.15, 0.2) is 0 Å². The molecular formula is C25H19BrFN5O2. The first-order chi connectivity index (χ1) is 16.5. The molecule has 9 heteroatoms. The molecule has 2 N–H and O–H groups in total. The molecule has 0 aliphatic rings. The monoisotopic (exact) mass is 519 g/mol. The van der Waals surface area contributed by atoms with Gasteiger partial charge in [0.25, 0.3) is 11.8 Å². The van der Waals surface area contributed by atoms with E-state index in [2.05, 4.69) is 31.8 Å². The number of hydrazone groups is 1. The van der Waals surface area contributed by atoms with Crippen molar-refractivity contribution in [1.29, 1.82) is 0 Å². The minimum atomic E-state index is -0.507. The number of nitrogens with zero attached hydrogens (tertiary/aromatic N) is 3. The molecule has 1 heterocycles. The van der Waals surface area contributed by atoms with Gasteiger partial charge in [0.2, 0.25) is 0 Å². The Bertz CT molecular complexity index is 1320. The van der Waals surface area contributed by atoms with Gasteiger partial charge in [-0.25, -0.2) is 14.5 Å². The second kappa shape index (κ2) is 10.7. The molecule has 0 atom stereocenters. The lowest BCUT2D eigenvalue weighted by atomic mass is 10.1. The van der Waals surface area contributed by atoms with Crippen LogP contribution in [0.3, 0.4) is 0 Å². The fourth-order valence-corrected chi connectivity index (χ4v) is 3.37. The highest BCUT2D eigenvalue weighted by Gasteiger charge is 2.12. The number of hydrogen-bond acceptors (Lipinski definition) is 4. The van der Waals surface area contributed by atoms with Crippen LogP contribution in [0, 0.1) is 5.82 Å². The summed E-state index contributed by atoms with van der Waals surface area (Å²) in [5, 5.41) is 11.2. The SMILES string of the molecule is O=C(CNC(=O)c1ccc(F)cc1)N/N=C/c1cn(-c2ccccc2)nc1-c1ccc(Br)cc1. The predicted octanol–water partition coefficient (Wildman–Crippen LogP) is 4.32. The summed E-state index contributed by atoms with van der Waals surface area (Å²) < 4.78 is 15.7. The topological polar surface area (TPSA) is 88.4 Å². The first kappa shape index (κ1) is 23.1. The maximum atomic E-state index is 13.0. The van der Waals surface area contributed by atoms with Crippen LogP contribution in [-0.2, 0) is 4.79 Å². The minimum Gasteiger partial charge on any atom is -0.343 e. The number of carbonyl (C=O) groups is 2. The number of hydrogen-bond donors (Lipinski definition) is 2. The van der Waals surface area contributed by atoms with Gasteiger partial charge in [-0.05, 0) is 48.5 Å². The molecule has 3 aromatic carbocycles. The van der Waals surface area contributed by atoms with Crippen LogP contribution in [0.4, 0.5) is 4.39 Å². The predicted molar refractivity (Wildman–Crippen MR) is 131 cm³/mol. The summed E-state index contributed by atoms with van der Waals surface area (Å²) in [5.41, 5.74) is 5.81. The molecule has 7 nitrogen and oxygen atoms in total. The summed E-state index contributed by atoms with van der Waals surface area (Å²) in [6.07, 6.45) is 3.32. The molecule has 0 aliphatic heterocycles. The van der Waals surface area contributed by atoms with Crippen LogP contribution in [0.25, 0.3) is 16.9 Å². The number of benzene rings is 3. The van der Waals surface area contributed by atoms with Gasteiger partial charge in [-0.2, -0.15) is 10.2 Å². The molecule has 0 unspecified atom stereocenters. The van der Waals surface area contributed by atoms with Crippen molar-refractivity contribution in [3.63, 3.8) is 0 Å². The molecule has 0 saturated heterocycles. The molecule has 4 rings (SSSR count). The van der Waals surface area contributed by atoms with Crippen molar-refractivity contribution in [2.45, 2.75) is 0 Å². The molecule has 4 aromatic rings. The van der Waals surface area contributed by atoms with E-state index in [-0.39, 0.29) is 12.1 Å². The van der Waals surface area contributed by atoms with E-state index in [0.717, 1.165) is 15.7 Å². The number of nitrogens with one attached hydrogen (secondary N) is 2. The first-order valence-electron chi connectivity index (χ1n) is 10.3. The van der Waals surface area contributed by atoms with E-state index in [1.165, 1.54) is 30.5 Å². The van der Waals surface area contributed by atoms with E-state index in [1.807, 2.05) is 60.8 Å². The van der Waals surface area contributed by atoms with Gasteiger partial charge in [-0.3, -0.25) is 9.59 Å². The average molecular weight is 520 g/mol. The van der Waals surface area contributed by atoms with Crippen LogP contribution in [-0.4, -0.2) is 34.4 Å². The minimum absolute atomic E-state index is 0.255. The van der Waals surface area contributed by atoms with Crippen LogP contribution in [0.5, 0.6) is 0 Å². The summed E-state index contributed by atoms with van der Waals surface area (Å²) in [6.45, 7) is -0.281. The number of aromatic nitrogens is 2. The average Bonchev–Trinajstić information content (AvgIpc) is 3.28. The van der Waals surface area contributed by atoms with Gasteiger partial charge in [-0.1, -0.05) is 46.3 Å². The maximum Gasteiger partial charge on any atom is 0.259 e. The summed E-state index contributed by atoms with van der Waals surface area (Å²) >= 11 is 3.43. The Morgan fingerprint density at radius 1 is 1.00 bits per heavy atom.